The van der Waals surface area contributed by atoms with Gasteiger partial charge < -0.3 is 4.57 Å². The van der Waals surface area contributed by atoms with E-state index in [-0.39, 0.29) is 0 Å². The van der Waals surface area contributed by atoms with Crippen molar-refractivity contribution in [3.8, 4) is 6.07 Å². The Kier molecular flexibility index (Phi) is 3.84. The summed E-state index contributed by atoms with van der Waals surface area (Å²) in [5, 5.41) is 9.85. The molecule has 1 aromatic carbocycles. The van der Waals surface area contributed by atoms with E-state index < -0.39 is 0 Å². The fourth-order valence-electron chi connectivity index (χ4n) is 1.55. The van der Waals surface area contributed by atoms with Gasteiger partial charge in [0.05, 0.1) is 11.6 Å². The maximum Gasteiger partial charge on any atom is 0.168 e. The Hall–Kier alpha value is -1.73. The molecule has 0 aliphatic rings. The maximum atomic E-state index is 8.82. The highest BCUT2D eigenvalue weighted by atomic mass is 32.2. The molecule has 0 spiro atoms. The Morgan fingerprint density at radius 3 is 3.12 bits per heavy atom. The second-order valence-electron chi connectivity index (χ2n) is 3.60. The lowest BCUT2D eigenvalue weighted by atomic mass is 10.2. The van der Waals surface area contributed by atoms with E-state index in [0.717, 1.165) is 23.0 Å². The summed E-state index contributed by atoms with van der Waals surface area (Å²) < 4.78 is 2.11. The molecule has 1 aromatic heterocycles. The van der Waals surface area contributed by atoms with Gasteiger partial charge in [0.2, 0.25) is 0 Å². The second kappa shape index (κ2) is 5.55. The molecule has 0 aliphatic heterocycles. The highest BCUT2D eigenvalue weighted by molar-refractivity contribution is 7.98. The molecule has 0 aliphatic carbocycles. The Bertz CT molecular complexity index is 540. The van der Waals surface area contributed by atoms with Crippen molar-refractivity contribution in [3.05, 3.63) is 47.8 Å². The van der Waals surface area contributed by atoms with E-state index in [9.17, 15) is 0 Å². The molecule has 4 heteroatoms. The van der Waals surface area contributed by atoms with Gasteiger partial charge in [0, 0.05) is 24.7 Å². The van der Waals surface area contributed by atoms with E-state index in [4.69, 9.17) is 5.26 Å². The number of imidazole rings is 1. The van der Waals surface area contributed by atoms with Crippen molar-refractivity contribution in [1.29, 1.82) is 5.26 Å². The first-order chi connectivity index (χ1) is 8.33. The van der Waals surface area contributed by atoms with Crippen LogP contribution in [-0.4, -0.2) is 9.55 Å². The third-order valence-electron chi connectivity index (χ3n) is 2.44. The summed E-state index contributed by atoms with van der Waals surface area (Å²) in [4.78, 5) is 4.31. The highest BCUT2D eigenvalue weighted by Gasteiger charge is 2.03. The molecule has 0 bridgehead atoms. The maximum absolute atomic E-state index is 8.82. The quantitative estimate of drug-likeness (QED) is 0.775. The number of aryl methyl sites for hydroxylation is 1. The molecule has 0 amide bonds. The van der Waals surface area contributed by atoms with E-state index in [1.165, 1.54) is 0 Å². The predicted octanol–water partition coefficient (Wildman–Crippen LogP) is 3.07. The fraction of sp³-hybridized carbons (Fsp3) is 0.231. The van der Waals surface area contributed by atoms with E-state index in [1.54, 1.807) is 11.8 Å². The monoisotopic (exact) mass is 243 g/mol. The molecular formula is C13H13N3S. The molecular weight excluding hydrogens is 230 g/mol. The summed E-state index contributed by atoms with van der Waals surface area (Å²) in [6.45, 7) is 3.03. The van der Waals surface area contributed by atoms with Crippen LogP contribution >= 0.6 is 11.8 Å². The minimum atomic E-state index is 0.710. The normalized spacial score (nSPS) is 10.1. The van der Waals surface area contributed by atoms with Crippen LogP contribution in [0.25, 0.3) is 0 Å². The van der Waals surface area contributed by atoms with Gasteiger partial charge in [-0.25, -0.2) is 4.98 Å². The average Bonchev–Trinajstić information content (AvgIpc) is 2.84. The number of nitriles is 1. The summed E-state index contributed by atoms with van der Waals surface area (Å²) >= 11 is 1.69. The van der Waals surface area contributed by atoms with Crippen LogP contribution in [0.4, 0.5) is 0 Å². The number of hydrogen-bond donors (Lipinski definition) is 0. The molecule has 3 nitrogen and oxygen atoms in total. The molecule has 0 atom stereocenters. The van der Waals surface area contributed by atoms with Crippen molar-refractivity contribution < 1.29 is 0 Å². The zero-order chi connectivity index (χ0) is 12.1. The molecule has 0 N–H and O–H groups in total. The molecule has 0 radical (unpaired) electrons. The van der Waals surface area contributed by atoms with Crippen molar-refractivity contribution >= 4 is 11.8 Å². The first-order valence-electron chi connectivity index (χ1n) is 5.46. The molecule has 0 saturated carbocycles. The summed E-state index contributed by atoms with van der Waals surface area (Å²) in [5.74, 6) is 0.840. The minimum Gasteiger partial charge on any atom is -0.326 e. The van der Waals surface area contributed by atoms with Crippen molar-refractivity contribution in [3.63, 3.8) is 0 Å². The number of nitrogens with zero attached hydrogens (tertiary/aromatic N) is 3. The van der Waals surface area contributed by atoms with Gasteiger partial charge in [-0.2, -0.15) is 5.26 Å². The largest absolute Gasteiger partial charge is 0.326 e. The van der Waals surface area contributed by atoms with Gasteiger partial charge in [0.1, 0.15) is 0 Å². The van der Waals surface area contributed by atoms with Gasteiger partial charge in [-0.1, -0.05) is 23.9 Å². The van der Waals surface area contributed by atoms with Crippen LogP contribution in [0.2, 0.25) is 0 Å². The molecule has 1 heterocycles. The first kappa shape index (κ1) is 11.7. The molecule has 2 rings (SSSR count). The van der Waals surface area contributed by atoms with Crippen LogP contribution in [0.1, 0.15) is 18.1 Å². The first-order valence-corrected chi connectivity index (χ1v) is 6.45. The van der Waals surface area contributed by atoms with E-state index in [2.05, 4.69) is 22.5 Å². The Morgan fingerprint density at radius 2 is 2.35 bits per heavy atom. The van der Waals surface area contributed by atoms with E-state index in [0.29, 0.717) is 5.56 Å². The van der Waals surface area contributed by atoms with Gasteiger partial charge in [0.15, 0.2) is 5.16 Å². The smallest absolute Gasteiger partial charge is 0.168 e. The van der Waals surface area contributed by atoms with Crippen LogP contribution in [-0.2, 0) is 12.3 Å². The second-order valence-corrected chi connectivity index (χ2v) is 4.54. The summed E-state index contributed by atoms with van der Waals surface area (Å²) in [5.41, 5.74) is 1.86. The zero-order valence-corrected chi connectivity index (χ0v) is 10.4. The fourth-order valence-corrected chi connectivity index (χ4v) is 2.52. The summed E-state index contributed by atoms with van der Waals surface area (Å²) in [6.07, 6.45) is 3.80. The zero-order valence-electron chi connectivity index (χ0n) is 9.63. The van der Waals surface area contributed by atoms with Crippen molar-refractivity contribution in [1.82, 2.24) is 9.55 Å². The summed E-state index contributed by atoms with van der Waals surface area (Å²) in [7, 11) is 0. The minimum absolute atomic E-state index is 0.710. The number of hydrogen-bond acceptors (Lipinski definition) is 3. The Labute approximate surface area is 105 Å². The van der Waals surface area contributed by atoms with Crippen LogP contribution in [0, 0.1) is 11.3 Å². The molecule has 17 heavy (non-hydrogen) atoms. The van der Waals surface area contributed by atoms with E-state index >= 15 is 0 Å². The third kappa shape index (κ3) is 2.89. The lowest BCUT2D eigenvalue weighted by molar-refractivity contribution is 0.681. The van der Waals surface area contributed by atoms with Crippen molar-refractivity contribution in [2.24, 2.45) is 0 Å². The van der Waals surface area contributed by atoms with Crippen LogP contribution < -0.4 is 0 Å². The van der Waals surface area contributed by atoms with Crippen molar-refractivity contribution in [2.75, 3.05) is 0 Å². The van der Waals surface area contributed by atoms with E-state index in [1.807, 2.05) is 36.7 Å². The topological polar surface area (TPSA) is 41.6 Å². The standard InChI is InChI=1S/C13H13N3S/c1-2-16-7-6-15-13(16)17-10-12-5-3-4-11(8-12)9-14/h3-8H,2,10H2,1H3. The van der Waals surface area contributed by atoms with Gasteiger partial charge in [0.25, 0.3) is 0 Å². The lowest BCUT2D eigenvalue weighted by Gasteiger charge is -2.04. The lowest BCUT2D eigenvalue weighted by Crippen LogP contribution is -1.94. The number of rotatable bonds is 4. The Morgan fingerprint density at radius 1 is 1.47 bits per heavy atom. The molecule has 0 fully saturated rings. The predicted molar refractivity (Wildman–Crippen MR) is 68.6 cm³/mol. The molecule has 0 saturated heterocycles. The van der Waals surface area contributed by atoms with Crippen molar-refractivity contribution in [2.45, 2.75) is 24.4 Å². The number of aromatic nitrogens is 2. The van der Waals surface area contributed by atoms with Gasteiger partial charge in [-0.3, -0.25) is 0 Å². The molecule has 0 unspecified atom stereocenters. The average molecular weight is 243 g/mol. The SMILES string of the molecule is CCn1ccnc1SCc1cccc(C#N)c1. The van der Waals surface area contributed by atoms with Gasteiger partial charge >= 0.3 is 0 Å². The van der Waals surface area contributed by atoms with Crippen LogP contribution in [0.15, 0.2) is 41.8 Å². The van der Waals surface area contributed by atoms with Gasteiger partial charge in [-0.05, 0) is 24.6 Å². The molecule has 86 valence electrons. The number of thioether (sulfide) groups is 1. The van der Waals surface area contributed by atoms with Crippen LogP contribution in [0.5, 0.6) is 0 Å². The third-order valence-corrected chi connectivity index (χ3v) is 3.52. The van der Waals surface area contributed by atoms with Gasteiger partial charge in [-0.15, -0.1) is 0 Å². The Balaban J connectivity index is 2.05. The highest BCUT2D eigenvalue weighted by Crippen LogP contribution is 2.21. The number of benzene rings is 1. The molecule has 2 aromatic rings. The van der Waals surface area contributed by atoms with Crippen LogP contribution in [0.3, 0.4) is 0 Å². The summed E-state index contributed by atoms with van der Waals surface area (Å²) in [6, 6.07) is 9.85.